The molecule has 2 aromatic carbocycles. The molecule has 0 aliphatic heterocycles. The Morgan fingerprint density at radius 2 is 1.76 bits per heavy atom. The highest BCUT2D eigenvalue weighted by atomic mass is 16.1. The molecule has 0 saturated carbocycles. The van der Waals surface area contributed by atoms with Gasteiger partial charge in [0.2, 0.25) is 5.91 Å². The minimum Gasteiger partial charge on any atom is -0.358 e. The molecule has 0 fully saturated rings. The topological polar surface area (TPSA) is 44.9 Å². The molecule has 0 atom stereocenters. The summed E-state index contributed by atoms with van der Waals surface area (Å²) >= 11 is 0. The first-order chi connectivity index (χ1) is 10.3. The highest BCUT2D eigenvalue weighted by molar-refractivity contribution is 5.97. The van der Waals surface area contributed by atoms with Gasteiger partial charge >= 0.3 is 0 Å². The van der Waals surface area contributed by atoms with E-state index in [9.17, 15) is 4.79 Å². The zero-order valence-corrected chi connectivity index (χ0v) is 12.0. The molecule has 21 heavy (non-hydrogen) atoms. The van der Waals surface area contributed by atoms with E-state index in [1.807, 2.05) is 12.1 Å². The second-order valence-electron chi connectivity index (χ2n) is 5.12. The smallest absolute Gasteiger partial charge is 0.216 e. The fourth-order valence-electron chi connectivity index (χ4n) is 2.68. The first-order valence-corrected chi connectivity index (χ1v) is 7.15. The number of amides is 1. The number of hydrogen-bond donors (Lipinski definition) is 2. The SMILES string of the molecule is CC(=O)NCCc1[nH]c2ccccc2c1-c1ccccc1. The Balaban J connectivity index is 2.04. The van der Waals surface area contributed by atoms with Gasteiger partial charge in [-0.2, -0.15) is 0 Å². The molecule has 1 aromatic heterocycles. The van der Waals surface area contributed by atoms with Crippen molar-refractivity contribution in [2.24, 2.45) is 0 Å². The van der Waals surface area contributed by atoms with Crippen LogP contribution in [0.4, 0.5) is 0 Å². The van der Waals surface area contributed by atoms with E-state index in [1.165, 1.54) is 16.5 Å². The predicted molar refractivity (Wildman–Crippen MR) is 86.1 cm³/mol. The van der Waals surface area contributed by atoms with E-state index in [0.29, 0.717) is 6.54 Å². The van der Waals surface area contributed by atoms with Gasteiger partial charge in [0.15, 0.2) is 0 Å². The van der Waals surface area contributed by atoms with E-state index < -0.39 is 0 Å². The van der Waals surface area contributed by atoms with Crippen LogP contribution in [0.2, 0.25) is 0 Å². The van der Waals surface area contributed by atoms with E-state index in [4.69, 9.17) is 0 Å². The van der Waals surface area contributed by atoms with Crippen molar-refractivity contribution in [3.8, 4) is 11.1 Å². The quantitative estimate of drug-likeness (QED) is 0.753. The van der Waals surface area contributed by atoms with Gasteiger partial charge in [0.25, 0.3) is 0 Å². The van der Waals surface area contributed by atoms with Crippen LogP contribution < -0.4 is 5.32 Å². The van der Waals surface area contributed by atoms with Crippen molar-refractivity contribution in [1.29, 1.82) is 0 Å². The van der Waals surface area contributed by atoms with Crippen LogP contribution in [0, 0.1) is 0 Å². The zero-order valence-electron chi connectivity index (χ0n) is 12.0. The number of H-pyrrole nitrogens is 1. The molecule has 1 amide bonds. The Kier molecular flexibility index (Phi) is 3.73. The first-order valence-electron chi connectivity index (χ1n) is 7.15. The number of carbonyl (C=O) groups is 1. The normalized spacial score (nSPS) is 10.7. The van der Waals surface area contributed by atoms with Crippen LogP contribution in [0.15, 0.2) is 54.6 Å². The Hall–Kier alpha value is -2.55. The summed E-state index contributed by atoms with van der Waals surface area (Å²) in [5, 5.41) is 4.08. The average molecular weight is 278 g/mol. The van der Waals surface area contributed by atoms with Crippen molar-refractivity contribution >= 4 is 16.8 Å². The van der Waals surface area contributed by atoms with Gasteiger partial charge in [-0.25, -0.2) is 0 Å². The summed E-state index contributed by atoms with van der Waals surface area (Å²) in [5.41, 5.74) is 4.73. The van der Waals surface area contributed by atoms with Crippen molar-refractivity contribution in [2.75, 3.05) is 6.54 Å². The van der Waals surface area contributed by atoms with E-state index in [-0.39, 0.29) is 5.91 Å². The molecule has 0 radical (unpaired) electrons. The van der Waals surface area contributed by atoms with Crippen LogP contribution >= 0.6 is 0 Å². The molecule has 0 aliphatic carbocycles. The molecule has 106 valence electrons. The van der Waals surface area contributed by atoms with Crippen LogP contribution in [0.25, 0.3) is 22.0 Å². The first kappa shape index (κ1) is 13.4. The number of fused-ring (bicyclic) bond motifs is 1. The summed E-state index contributed by atoms with van der Waals surface area (Å²) in [6.45, 7) is 2.19. The number of para-hydroxylation sites is 1. The Bertz CT molecular complexity index is 759. The average Bonchev–Trinajstić information content (AvgIpc) is 2.86. The lowest BCUT2D eigenvalue weighted by Crippen LogP contribution is -2.22. The van der Waals surface area contributed by atoms with E-state index in [0.717, 1.165) is 17.6 Å². The number of rotatable bonds is 4. The number of carbonyl (C=O) groups excluding carboxylic acids is 1. The maximum atomic E-state index is 11.0. The van der Waals surface area contributed by atoms with Gasteiger partial charge in [0.1, 0.15) is 0 Å². The molecule has 0 spiro atoms. The molecule has 3 rings (SSSR count). The van der Waals surface area contributed by atoms with Gasteiger partial charge in [-0.15, -0.1) is 0 Å². The van der Waals surface area contributed by atoms with Crippen molar-refractivity contribution in [1.82, 2.24) is 10.3 Å². The van der Waals surface area contributed by atoms with Gasteiger partial charge in [0.05, 0.1) is 0 Å². The Labute approximate surface area is 124 Å². The number of hydrogen-bond acceptors (Lipinski definition) is 1. The van der Waals surface area contributed by atoms with Crippen molar-refractivity contribution < 1.29 is 4.79 Å². The third-order valence-corrected chi connectivity index (χ3v) is 3.60. The second kappa shape index (κ2) is 5.83. The summed E-state index contributed by atoms with van der Waals surface area (Å²) in [5.74, 6) is 0.00683. The van der Waals surface area contributed by atoms with Gasteiger partial charge in [-0.1, -0.05) is 48.5 Å². The van der Waals surface area contributed by atoms with Crippen molar-refractivity contribution in [3.63, 3.8) is 0 Å². The maximum absolute atomic E-state index is 11.0. The summed E-state index contributed by atoms with van der Waals surface area (Å²) in [7, 11) is 0. The highest BCUT2D eigenvalue weighted by Gasteiger charge is 2.12. The van der Waals surface area contributed by atoms with Gasteiger partial charge in [0, 0.05) is 42.0 Å². The van der Waals surface area contributed by atoms with Crippen LogP contribution in [-0.4, -0.2) is 17.4 Å². The van der Waals surface area contributed by atoms with Crippen LogP contribution in [-0.2, 0) is 11.2 Å². The van der Waals surface area contributed by atoms with Crippen molar-refractivity contribution in [2.45, 2.75) is 13.3 Å². The summed E-state index contributed by atoms with van der Waals surface area (Å²) in [6.07, 6.45) is 0.790. The van der Waals surface area contributed by atoms with E-state index in [1.54, 1.807) is 6.92 Å². The highest BCUT2D eigenvalue weighted by Crippen LogP contribution is 2.32. The second-order valence-corrected chi connectivity index (χ2v) is 5.12. The molecule has 1 heterocycles. The minimum atomic E-state index is 0.00683. The standard InChI is InChI=1S/C18H18N2O/c1-13(21)19-12-11-17-18(14-7-3-2-4-8-14)15-9-5-6-10-16(15)20-17/h2-10,20H,11-12H2,1H3,(H,19,21). The van der Waals surface area contributed by atoms with E-state index in [2.05, 4.69) is 52.8 Å². The summed E-state index contributed by atoms with van der Waals surface area (Å²) < 4.78 is 0. The molecule has 0 saturated heterocycles. The third-order valence-electron chi connectivity index (χ3n) is 3.60. The summed E-state index contributed by atoms with van der Waals surface area (Å²) in [4.78, 5) is 14.5. The Morgan fingerprint density at radius 1 is 1.05 bits per heavy atom. The molecule has 0 aliphatic rings. The molecular formula is C18H18N2O. The summed E-state index contributed by atoms with van der Waals surface area (Å²) in [6, 6.07) is 18.7. The molecule has 3 aromatic rings. The molecule has 0 unspecified atom stereocenters. The molecular weight excluding hydrogens is 260 g/mol. The molecule has 3 heteroatoms. The van der Waals surface area contributed by atoms with Crippen LogP contribution in [0.5, 0.6) is 0 Å². The van der Waals surface area contributed by atoms with Gasteiger partial charge in [-0.05, 0) is 11.6 Å². The molecule has 2 N–H and O–H groups in total. The predicted octanol–water partition coefficient (Wildman–Crippen LogP) is 3.51. The number of aromatic nitrogens is 1. The minimum absolute atomic E-state index is 0.00683. The lowest BCUT2D eigenvalue weighted by Gasteiger charge is -2.06. The lowest BCUT2D eigenvalue weighted by molar-refractivity contribution is -0.118. The number of aromatic amines is 1. The fourth-order valence-corrected chi connectivity index (χ4v) is 2.68. The molecule has 3 nitrogen and oxygen atoms in total. The fraction of sp³-hybridized carbons (Fsp3) is 0.167. The monoisotopic (exact) mass is 278 g/mol. The molecule has 0 bridgehead atoms. The van der Waals surface area contributed by atoms with Crippen LogP contribution in [0.1, 0.15) is 12.6 Å². The van der Waals surface area contributed by atoms with Crippen molar-refractivity contribution in [3.05, 3.63) is 60.3 Å². The largest absolute Gasteiger partial charge is 0.358 e. The van der Waals surface area contributed by atoms with Crippen LogP contribution in [0.3, 0.4) is 0 Å². The van der Waals surface area contributed by atoms with Gasteiger partial charge < -0.3 is 10.3 Å². The Morgan fingerprint density at radius 3 is 2.52 bits per heavy atom. The third kappa shape index (κ3) is 2.82. The lowest BCUT2D eigenvalue weighted by atomic mass is 10.0. The zero-order chi connectivity index (χ0) is 14.7. The number of benzene rings is 2. The van der Waals surface area contributed by atoms with E-state index >= 15 is 0 Å². The maximum Gasteiger partial charge on any atom is 0.216 e. The number of nitrogens with one attached hydrogen (secondary N) is 2. The van der Waals surface area contributed by atoms with Gasteiger partial charge in [-0.3, -0.25) is 4.79 Å².